The first-order valence-corrected chi connectivity index (χ1v) is 6.86. The molecule has 0 saturated heterocycles. The third-order valence-electron chi connectivity index (χ3n) is 2.79. The number of hydrogen-bond acceptors (Lipinski definition) is 1. The Labute approximate surface area is 121 Å². The van der Waals surface area contributed by atoms with Gasteiger partial charge < -0.3 is 4.74 Å². The van der Waals surface area contributed by atoms with Crippen LogP contribution in [0.15, 0.2) is 36.4 Å². The quantitative estimate of drug-likeness (QED) is 0.670. The van der Waals surface area contributed by atoms with E-state index < -0.39 is 0 Å². The molecule has 0 aliphatic carbocycles. The Morgan fingerprint density at radius 1 is 1.11 bits per heavy atom. The van der Waals surface area contributed by atoms with Crippen molar-refractivity contribution in [3.63, 3.8) is 0 Å². The molecule has 0 saturated carbocycles. The Morgan fingerprint density at radius 2 is 1.89 bits per heavy atom. The van der Waals surface area contributed by atoms with Crippen molar-refractivity contribution in [2.24, 2.45) is 0 Å². The molecule has 0 N–H and O–H groups in total. The summed E-state index contributed by atoms with van der Waals surface area (Å²) in [5.74, 6) is 1.09. The molecule has 2 aromatic rings. The average Bonchev–Trinajstić information content (AvgIpc) is 2.42. The second kappa shape index (κ2) is 6.27. The van der Waals surface area contributed by atoms with Gasteiger partial charge in [0.05, 0.1) is 5.88 Å². The summed E-state index contributed by atoms with van der Waals surface area (Å²) in [4.78, 5) is 0. The zero-order chi connectivity index (χ0) is 13.8. The number of ether oxygens (including phenoxy) is 1. The SMILES string of the molecule is CCc1cc(Oc2ccc(F)cc2CCl)ccc1Cl. The van der Waals surface area contributed by atoms with Crippen LogP contribution in [0.3, 0.4) is 0 Å². The lowest BCUT2D eigenvalue weighted by Crippen LogP contribution is -1.92. The molecule has 0 aliphatic rings. The number of halogens is 3. The van der Waals surface area contributed by atoms with Crippen molar-refractivity contribution < 1.29 is 9.13 Å². The highest BCUT2D eigenvalue weighted by atomic mass is 35.5. The average molecular weight is 299 g/mol. The van der Waals surface area contributed by atoms with E-state index >= 15 is 0 Å². The van der Waals surface area contributed by atoms with E-state index in [2.05, 4.69) is 0 Å². The van der Waals surface area contributed by atoms with Gasteiger partial charge in [0, 0.05) is 10.6 Å². The summed E-state index contributed by atoms with van der Waals surface area (Å²) in [6.45, 7) is 2.02. The number of alkyl halides is 1. The van der Waals surface area contributed by atoms with Crippen molar-refractivity contribution >= 4 is 23.2 Å². The molecule has 100 valence electrons. The molecule has 0 amide bonds. The Bertz CT molecular complexity index is 584. The van der Waals surface area contributed by atoms with Crippen LogP contribution in [0.4, 0.5) is 4.39 Å². The second-order valence-corrected chi connectivity index (χ2v) is 4.77. The molecule has 0 spiro atoms. The Kier molecular flexibility index (Phi) is 4.67. The van der Waals surface area contributed by atoms with E-state index in [4.69, 9.17) is 27.9 Å². The Hall–Kier alpha value is -1.25. The summed E-state index contributed by atoms with van der Waals surface area (Å²) in [6.07, 6.45) is 0.821. The minimum absolute atomic E-state index is 0.196. The van der Waals surface area contributed by atoms with Gasteiger partial charge >= 0.3 is 0 Å². The molecule has 0 aliphatic heterocycles. The predicted octanol–water partition coefficient (Wildman–Crippen LogP) is 5.57. The van der Waals surface area contributed by atoms with Gasteiger partial charge in [-0.15, -0.1) is 11.6 Å². The smallest absolute Gasteiger partial charge is 0.132 e. The molecule has 0 bridgehead atoms. The van der Waals surface area contributed by atoms with Crippen LogP contribution in [0.25, 0.3) is 0 Å². The maximum absolute atomic E-state index is 13.1. The van der Waals surface area contributed by atoms with Crippen molar-refractivity contribution in [3.05, 3.63) is 58.4 Å². The standard InChI is InChI=1S/C15H13Cl2FO/c1-2-10-8-13(4-5-14(10)17)19-15-6-3-12(18)7-11(15)9-16/h3-8H,2,9H2,1H3. The highest BCUT2D eigenvalue weighted by Crippen LogP contribution is 2.30. The summed E-state index contributed by atoms with van der Waals surface area (Å²) >= 11 is 11.8. The lowest BCUT2D eigenvalue weighted by atomic mass is 10.1. The lowest BCUT2D eigenvalue weighted by Gasteiger charge is -2.11. The monoisotopic (exact) mass is 298 g/mol. The van der Waals surface area contributed by atoms with Crippen LogP contribution < -0.4 is 4.74 Å². The molecule has 0 atom stereocenters. The van der Waals surface area contributed by atoms with Gasteiger partial charge in [0.2, 0.25) is 0 Å². The van der Waals surface area contributed by atoms with Crippen molar-refractivity contribution in [2.45, 2.75) is 19.2 Å². The van der Waals surface area contributed by atoms with Crippen molar-refractivity contribution in [3.8, 4) is 11.5 Å². The minimum Gasteiger partial charge on any atom is -0.457 e. The predicted molar refractivity (Wildman–Crippen MR) is 76.9 cm³/mol. The highest BCUT2D eigenvalue weighted by molar-refractivity contribution is 6.31. The molecule has 0 radical (unpaired) electrons. The van der Waals surface area contributed by atoms with Gasteiger partial charge in [-0.25, -0.2) is 4.39 Å². The maximum Gasteiger partial charge on any atom is 0.132 e. The van der Waals surface area contributed by atoms with Crippen LogP contribution in [0.1, 0.15) is 18.1 Å². The van der Waals surface area contributed by atoms with E-state index in [0.717, 1.165) is 12.0 Å². The molecule has 2 aromatic carbocycles. The molecule has 0 heterocycles. The van der Waals surface area contributed by atoms with Crippen molar-refractivity contribution in [1.29, 1.82) is 0 Å². The molecule has 19 heavy (non-hydrogen) atoms. The largest absolute Gasteiger partial charge is 0.457 e. The first-order valence-electron chi connectivity index (χ1n) is 5.94. The number of aryl methyl sites for hydroxylation is 1. The van der Waals surface area contributed by atoms with Gasteiger partial charge in [-0.05, 0) is 48.4 Å². The molecule has 4 heteroatoms. The Balaban J connectivity index is 2.30. The Morgan fingerprint density at radius 3 is 2.58 bits per heavy atom. The molecule has 0 aromatic heterocycles. The molecule has 2 rings (SSSR count). The van der Waals surface area contributed by atoms with E-state index in [1.807, 2.05) is 13.0 Å². The number of hydrogen-bond donors (Lipinski definition) is 0. The molecule has 1 nitrogen and oxygen atoms in total. The van der Waals surface area contributed by atoms with Crippen LogP contribution in [-0.2, 0) is 12.3 Å². The van der Waals surface area contributed by atoms with E-state index in [1.54, 1.807) is 18.2 Å². The van der Waals surface area contributed by atoms with Crippen LogP contribution in [0.2, 0.25) is 5.02 Å². The summed E-state index contributed by atoms with van der Waals surface area (Å²) in [5, 5.41) is 0.714. The molecular formula is C15H13Cl2FO. The van der Waals surface area contributed by atoms with Gasteiger partial charge in [0.15, 0.2) is 0 Å². The normalized spacial score (nSPS) is 10.5. The highest BCUT2D eigenvalue weighted by Gasteiger charge is 2.07. The molecule has 0 unspecified atom stereocenters. The molecule has 0 fully saturated rings. The van der Waals surface area contributed by atoms with Gasteiger partial charge in [0.25, 0.3) is 0 Å². The van der Waals surface area contributed by atoms with Crippen LogP contribution in [-0.4, -0.2) is 0 Å². The van der Waals surface area contributed by atoms with Gasteiger partial charge in [-0.3, -0.25) is 0 Å². The fourth-order valence-corrected chi connectivity index (χ4v) is 2.22. The van der Waals surface area contributed by atoms with E-state index in [0.29, 0.717) is 22.1 Å². The first kappa shape index (κ1) is 14.2. The summed E-state index contributed by atoms with van der Waals surface area (Å²) in [7, 11) is 0. The van der Waals surface area contributed by atoms with Gasteiger partial charge in [-0.1, -0.05) is 18.5 Å². The zero-order valence-electron chi connectivity index (χ0n) is 10.4. The van der Waals surface area contributed by atoms with E-state index in [9.17, 15) is 4.39 Å². The fourth-order valence-electron chi connectivity index (χ4n) is 1.76. The van der Waals surface area contributed by atoms with Gasteiger partial charge in [-0.2, -0.15) is 0 Å². The van der Waals surface area contributed by atoms with E-state index in [1.165, 1.54) is 12.1 Å². The van der Waals surface area contributed by atoms with Crippen molar-refractivity contribution in [2.75, 3.05) is 0 Å². The van der Waals surface area contributed by atoms with Crippen LogP contribution in [0.5, 0.6) is 11.5 Å². The third-order valence-corrected chi connectivity index (χ3v) is 3.45. The number of rotatable bonds is 4. The summed E-state index contributed by atoms with van der Waals surface area (Å²) < 4.78 is 18.9. The van der Waals surface area contributed by atoms with Gasteiger partial charge in [0.1, 0.15) is 17.3 Å². The fraction of sp³-hybridized carbons (Fsp3) is 0.200. The summed E-state index contributed by atoms with van der Waals surface area (Å²) in [5.41, 5.74) is 1.63. The topological polar surface area (TPSA) is 9.23 Å². The second-order valence-electron chi connectivity index (χ2n) is 4.09. The van der Waals surface area contributed by atoms with Crippen LogP contribution >= 0.6 is 23.2 Å². The minimum atomic E-state index is -0.326. The van der Waals surface area contributed by atoms with E-state index in [-0.39, 0.29) is 11.7 Å². The lowest BCUT2D eigenvalue weighted by molar-refractivity contribution is 0.475. The maximum atomic E-state index is 13.1. The van der Waals surface area contributed by atoms with Crippen LogP contribution in [0, 0.1) is 5.82 Å². The van der Waals surface area contributed by atoms with Crippen molar-refractivity contribution in [1.82, 2.24) is 0 Å². The zero-order valence-corrected chi connectivity index (χ0v) is 11.9. The molecular weight excluding hydrogens is 286 g/mol. The summed E-state index contributed by atoms with van der Waals surface area (Å²) in [6, 6.07) is 9.75. The third kappa shape index (κ3) is 3.40. The number of benzene rings is 2. The first-order chi connectivity index (χ1) is 9.13.